The van der Waals surface area contributed by atoms with Crippen LogP contribution in [0, 0.1) is 6.92 Å². The van der Waals surface area contributed by atoms with E-state index >= 15 is 0 Å². The summed E-state index contributed by atoms with van der Waals surface area (Å²) in [6.07, 6.45) is 0. The summed E-state index contributed by atoms with van der Waals surface area (Å²) in [6, 6.07) is 6.70. The molecule has 0 aliphatic heterocycles. The minimum Gasteiger partial charge on any atom is -0.481 e. The van der Waals surface area contributed by atoms with Crippen molar-refractivity contribution in [1.29, 1.82) is 0 Å². The molecule has 0 bridgehead atoms. The SMILES string of the molecule is COc1cccc(-n2nc(C(=O)O)cc2C)n1. The summed E-state index contributed by atoms with van der Waals surface area (Å²) in [5.74, 6) is -0.0848. The first-order valence-electron chi connectivity index (χ1n) is 4.93. The van der Waals surface area contributed by atoms with Gasteiger partial charge < -0.3 is 9.84 Å². The maximum Gasteiger partial charge on any atom is 0.356 e. The second-order valence-electron chi connectivity index (χ2n) is 3.43. The van der Waals surface area contributed by atoms with E-state index in [9.17, 15) is 4.79 Å². The van der Waals surface area contributed by atoms with Gasteiger partial charge in [0.1, 0.15) is 0 Å². The lowest BCUT2D eigenvalue weighted by Crippen LogP contribution is -2.04. The van der Waals surface area contributed by atoms with E-state index in [1.54, 1.807) is 25.1 Å². The average Bonchev–Trinajstić information content (AvgIpc) is 2.72. The van der Waals surface area contributed by atoms with Crippen LogP contribution in [0.25, 0.3) is 5.82 Å². The van der Waals surface area contributed by atoms with Crippen LogP contribution in [0.5, 0.6) is 5.88 Å². The van der Waals surface area contributed by atoms with Crippen molar-refractivity contribution in [2.24, 2.45) is 0 Å². The summed E-state index contributed by atoms with van der Waals surface area (Å²) in [4.78, 5) is 15.0. The Kier molecular flexibility index (Phi) is 2.78. The number of nitrogens with zero attached hydrogens (tertiary/aromatic N) is 3. The van der Waals surface area contributed by atoms with Crippen molar-refractivity contribution in [2.75, 3.05) is 7.11 Å². The number of carboxylic acid groups (broad SMARTS) is 1. The first-order valence-corrected chi connectivity index (χ1v) is 4.93. The lowest BCUT2D eigenvalue weighted by Gasteiger charge is -2.04. The Hall–Kier alpha value is -2.37. The third-order valence-electron chi connectivity index (χ3n) is 2.24. The molecule has 0 aromatic carbocycles. The van der Waals surface area contributed by atoms with Gasteiger partial charge in [-0.15, -0.1) is 0 Å². The Morgan fingerprint density at radius 2 is 2.24 bits per heavy atom. The van der Waals surface area contributed by atoms with Gasteiger partial charge >= 0.3 is 5.97 Å². The Labute approximate surface area is 97.5 Å². The van der Waals surface area contributed by atoms with E-state index in [4.69, 9.17) is 9.84 Å². The molecule has 6 heteroatoms. The van der Waals surface area contributed by atoms with Crippen LogP contribution in [0.2, 0.25) is 0 Å². The molecule has 2 rings (SSSR count). The Morgan fingerprint density at radius 3 is 2.82 bits per heavy atom. The molecule has 0 spiro atoms. The van der Waals surface area contributed by atoms with Gasteiger partial charge in [-0.05, 0) is 19.1 Å². The van der Waals surface area contributed by atoms with E-state index < -0.39 is 5.97 Å². The van der Waals surface area contributed by atoms with Gasteiger partial charge in [-0.25, -0.2) is 9.48 Å². The summed E-state index contributed by atoms with van der Waals surface area (Å²) in [5.41, 5.74) is 0.690. The number of aryl methyl sites for hydroxylation is 1. The molecule has 0 unspecified atom stereocenters. The van der Waals surface area contributed by atoms with Crippen LogP contribution in [-0.2, 0) is 0 Å². The van der Waals surface area contributed by atoms with Gasteiger partial charge in [-0.2, -0.15) is 10.1 Å². The highest BCUT2D eigenvalue weighted by molar-refractivity contribution is 5.85. The van der Waals surface area contributed by atoms with Gasteiger partial charge in [0.2, 0.25) is 5.88 Å². The molecule has 17 heavy (non-hydrogen) atoms. The number of hydrogen-bond donors (Lipinski definition) is 1. The minimum atomic E-state index is -1.06. The Balaban J connectivity index is 2.48. The van der Waals surface area contributed by atoms with E-state index in [1.165, 1.54) is 17.9 Å². The zero-order valence-electron chi connectivity index (χ0n) is 9.41. The zero-order valence-corrected chi connectivity index (χ0v) is 9.41. The lowest BCUT2D eigenvalue weighted by molar-refractivity contribution is 0.0690. The number of ether oxygens (including phenoxy) is 1. The highest BCUT2D eigenvalue weighted by atomic mass is 16.5. The number of aromatic nitrogens is 3. The van der Waals surface area contributed by atoms with Gasteiger partial charge in [-0.3, -0.25) is 0 Å². The molecule has 0 atom stereocenters. The molecule has 0 saturated heterocycles. The van der Waals surface area contributed by atoms with Crippen molar-refractivity contribution in [3.05, 3.63) is 35.7 Å². The molecule has 0 radical (unpaired) electrons. The maximum absolute atomic E-state index is 10.8. The molecule has 2 aromatic heterocycles. The third-order valence-corrected chi connectivity index (χ3v) is 2.24. The second kappa shape index (κ2) is 4.25. The summed E-state index contributed by atoms with van der Waals surface area (Å²) in [6.45, 7) is 1.76. The number of carboxylic acids is 1. The monoisotopic (exact) mass is 233 g/mol. The molecule has 0 amide bonds. The average molecular weight is 233 g/mol. The van der Waals surface area contributed by atoms with Crippen LogP contribution in [0.15, 0.2) is 24.3 Å². The van der Waals surface area contributed by atoms with E-state index in [0.29, 0.717) is 17.4 Å². The number of methoxy groups -OCH3 is 1. The highest BCUT2D eigenvalue weighted by Gasteiger charge is 2.12. The molecule has 1 N–H and O–H groups in total. The van der Waals surface area contributed by atoms with Gasteiger partial charge in [0.25, 0.3) is 0 Å². The first-order chi connectivity index (χ1) is 8.11. The highest BCUT2D eigenvalue weighted by Crippen LogP contribution is 2.13. The lowest BCUT2D eigenvalue weighted by atomic mass is 10.4. The Morgan fingerprint density at radius 1 is 1.47 bits per heavy atom. The minimum absolute atomic E-state index is 0.00730. The topological polar surface area (TPSA) is 77.2 Å². The molecule has 2 heterocycles. The summed E-state index contributed by atoms with van der Waals surface area (Å²) in [5, 5.41) is 12.8. The normalized spacial score (nSPS) is 10.2. The van der Waals surface area contributed by atoms with Crippen LogP contribution in [0.3, 0.4) is 0 Å². The zero-order chi connectivity index (χ0) is 12.4. The van der Waals surface area contributed by atoms with Crippen LogP contribution in [-0.4, -0.2) is 33.0 Å². The summed E-state index contributed by atoms with van der Waals surface area (Å²) >= 11 is 0. The fourth-order valence-electron chi connectivity index (χ4n) is 1.45. The smallest absolute Gasteiger partial charge is 0.356 e. The van der Waals surface area contributed by atoms with E-state index in [0.717, 1.165) is 0 Å². The number of hydrogen-bond acceptors (Lipinski definition) is 4. The van der Waals surface area contributed by atoms with Crippen LogP contribution >= 0.6 is 0 Å². The molecule has 0 aliphatic rings. The van der Waals surface area contributed by atoms with Gasteiger partial charge in [0, 0.05) is 11.8 Å². The third kappa shape index (κ3) is 2.10. The van der Waals surface area contributed by atoms with Crippen molar-refractivity contribution >= 4 is 5.97 Å². The summed E-state index contributed by atoms with van der Waals surface area (Å²) < 4.78 is 6.47. The van der Waals surface area contributed by atoms with E-state index in [2.05, 4.69) is 10.1 Å². The van der Waals surface area contributed by atoms with Crippen LogP contribution < -0.4 is 4.74 Å². The number of carbonyl (C=O) groups is 1. The first kappa shape index (κ1) is 11.1. The van der Waals surface area contributed by atoms with Gasteiger partial charge in [0.05, 0.1) is 7.11 Å². The Bertz CT molecular complexity index is 563. The molecule has 0 aliphatic carbocycles. The second-order valence-corrected chi connectivity index (χ2v) is 3.43. The molecule has 2 aromatic rings. The predicted octanol–water partition coefficient (Wildman–Crippen LogP) is 1.28. The van der Waals surface area contributed by atoms with Crippen LogP contribution in [0.4, 0.5) is 0 Å². The molecular formula is C11H11N3O3. The fraction of sp³-hybridized carbons (Fsp3) is 0.182. The molecule has 6 nitrogen and oxygen atoms in total. The number of aromatic carboxylic acids is 1. The predicted molar refractivity (Wildman–Crippen MR) is 59.6 cm³/mol. The van der Waals surface area contributed by atoms with E-state index in [-0.39, 0.29) is 5.69 Å². The van der Waals surface area contributed by atoms with E-state index in [1.807, 2.05) is 0 Å². The molecule has 0 fully saturated rings. The van der Waals surface area contributed by atoms with Crippen molar-refractivity contribution < 1.29 is 14.6 Å². The van der Waals surface area contributed by atoms with Crippen molar-refractivity contribution in [3.8, 4) is 11.7 Å². The standard InChI is InChI=1S/C11H11N3O3/c1-7-6-8(11(15)16)13-14(7)9-4-3-5-10(12-9)17-2/h3-6H,1-2H3,(H,15,16). The largest absolute Gasteiger partial charge is 0.481 e. The van der Waals surface area contributed by atoms with Gasteiger partial charge in [0.15, 0.2) is 11.5 Å². The van der Waals surface area contributed by atoms with Gasteiger partial charge in [-0.1, -0.05) is 6.07 Å². The summed E-state index contributed by atoms with van der Waals surface area (Å²) in [7, 11) is 1.52. The fourth-order valence-corrected chi connectivity index (χ4v) is 1.45. The molecular weight excluding hydrogens is 222 g/mol. The quantitative estimate of drug-likeness (QED) is 0.864. The number of rotatable bonds is 3. The maximum atomic E-state index is 10.8. The van der Waals surface area contributed by atoms with Crippen LogP contribution in [0.1, 0.15) is 16.2 Å². The van der Waals surface area contributed by atoms with Crippen molar-refractivity contribution in [3.63, 3.8) is 0 Å². The van der Waals surface area contributed by atoms with Crippen molar-refractivity contribution in [2.45, 2.75) is 6.92 Å². The number of pyridine rings is 1. The van der Waals surface area contributed by atoms with Crippen molar-refractivity contribution in [1.82, 2.24) is 14.8 Å². The molecule has 0 saturated carbocycles. The molecule has 88 valence electrons.